The highest BCUT2D eigenvalue weighted by atomic mass is 35.5. The van der Waals surface area contributed by atoms with Gasteiger partial charge in [-0.1, -0.05) is 55.8 Å². The molecular formula is C16H18ClNO. The van der Waals surface area contributed by atoms with Crippen LogP contribution < -0.4 is 0 Å². The van der Waals surface area contributed by atoms with Crippen LogP contribution in [-0.4, -0.2) is 5.78 Å². The van der Waals surface area contributed by atoms with E-state index in [1.54, 1.807) is 24.3 Å². The molecule has 0 saturated heterocycles. The number of ketones is 1. The van der Waals surface area contributed by atoms with E-state index in [9.17, 15) is 10.1 Å². The van der Waals surface area contributed by atoms with E-state index in [0.717, 1.165) is 18.4 Å². The number of carbonyl (C=O) groups is 1. The lowest BCUT2D eigenvalue weighted by molar-refractivity contribution is -0.120. The Morgan fingerprint density at radius 1 is 1.26 bits per heavy atom. The van der Waals surface area contributed by atoms with Crippen LogP contribution in [0.2, 0.25) is 5.02 Å². The number of carbonyl (C=O) groups excluding carboxylic acids is 1. The fraction of sp³-hybridized carbons (Fsp3) is 0.500. The zero-order chi connectivity index (χ0) is 13.7. The zero-order valence-corrected chi connectivity index (χ0v) is 11.7. The maximum absolute atomic E-state index is 12.3. The Morgan fingerprint density at radius 3 is 2.47 bits per heavy atom. The summed E-state index contributed by atoms with van der Waals surface area (Å²) in [5.41, 5.74) is 0.757. The van der Waals surface area contributed by atoms with E-state index < -0.39 is 5.92 Å². The molecule has 2 rings (SSSR count). The second-order valence-corrected chi connectivity index (χ2v) is 5.72. The van der Waals surface area contributed by atoms with Gasteiger partial charge in [-0.15, -0.1) is 0 Å². The van der Waals surface area contributed by atoms with Gasteiger partial charge in [0, 0.05) is 11.4 Å². The first-order chi connectivity index (χ1) is 9.20. The Labute approximate surface area is 119 Å². The molecule has 100 valence electrons. The van der Waals surface area contributed by atoms with Crippen molar-refractivity contribution in [3.63, 3.8) is 0 Å². The van der Waals surface area contributed by atoms with Crippen LogP contribution in [0.5, 0.6) is 0 Å². The molecule has 1 aromatic carbocycles. The lowest BCUT2D eigenvalue weighted by Gasteiger charge is -2.21. The highest BCUT2D eigenvalue weighted by molar-refractivity contribution is 6.30. The van der Waals surface area contributed by atoms with E-state index >= 15 is 0 Å². The summed E-state index contributed by atoms with van der Waals surface area (Å²) in [5.74, 6) is -0.111. The normalized spacial score (nSPS) is 17.7. The van der Waals surface area contributed by atoms with E-state index in [4.69, 9.17) is 11.6 Å². The molecule has 0 bridgehead atoms. The smallest absolute Gasteiger partial charge is 0.154 e. The second kappa shape index (κ2) is 6.73. The minimum atomic E-state index is -0.640. The first kappa shape index (κ1) is 14.1. The van der Waals surface area contributed by atoms with E-state index in [1.807, 2.05) is 0 Å². The van der Waals surface area contributed by atoms with Gasteiger partial charge in [0.2, 0.25) is 0 Å². The molecule has 0 N–H and O–H groups in total. The summed E-state index contributed by atoms with van der Waals surface area (Å²) in [6, 6.07) is 9.14. The largest absolute Gasteiger partial charge is 0.298 e. The summed E-state index contributed by atoms with van der Waals surface area (Å²) in [4.78, 5) is 12.3. The number of hydrogen-bond acceptors (Lipinski definition) is 2. The number of Topliss-reactive ketones (excluding diaryl/α,β-unsaturated/α-hetero) is 1. The van der Waals surface area contributed by atoms with Crippen LogP contribution in [-0.2, 0) is 4.79 Å². The van der Waals surface area contributed by atoms with E-state index in [-0.39, 0.29) is 5.78 Å². The molecule has 0 aliphatic heterocycles. The SMILES string of the molecule is N#CC(C(=O)CC1CCCCC1)c1ccc(Cl)cc1. The number of hydrogen-bond donors (Lipinski definition) is 0. The van der Waals surface area contributed by atoms with Gasteiger partial charge in [0.15, 0.2) is 5.78 Å². The summed E-state index contributed by atoms with van der Waals surface area (Å²) in [7, 11) is 0. The van der Waals surface area contributed by atoms with Crippen LogP contribution in [0.3, 0.4) is 0 Å². The Morgan fingerprint density at radius 2 is 1.89 bits per heavy atom. The van der Waals surface area contributed by atoms with Crippen molar-refractivity contribution in [2.75, 3.05) is 0 Å². The molecule has 0 spiro atoms. The van der Waals surface area contributed by atoms with Crippen LogP contribution >= 0.6 is 11.6 Å². The van der Waals surface area contributed by atoms with E-state index in [1.165, 1.54) is 19.3 Å². The summed E-state index contributed by atoms with van der Waals surface area (Å²) in [5, 5.41) is 9.87. The van der Waals surface area contributed by atoms with Crippen LogP contribution in [0, 0.1) is 17.2 Å². The molecule has 0 aromatic heterocycles. The maximum atomic E-state index is 12.3. The molecule has 0 radical (unpaired) electrons. The Balaban J connectivity index is 2.02. The molecule has 1 aliphatic carbocycles. The van der Waals surface area contributed by atoms with Crippen LogP contribution in [0.25, 0.3) is 0 Å². The van der Waals surface area contributed by atoms with Crippen molar-refractivity contribution in [3.8, 4) is 6.07 Å². The van der Waals surface area contributed by atoms with Gasteiger partial charge in [-0.2, -0.15) is 5.26 Å². The summed E-state index contributed by atoms with van der Waals surface area (Å²) in [6.07, 6.45) is 6.52. The van der Waals surface area contributed by atoms with Gasteiger partial charge in [0.25, 0.3) is 0 Å². The number of benzene rings is 1. The Bertz CT molecular complexity index is 469. The molecule has 0 heterocycles. The van der Waals surface area contributed by atoms with Crippen molar-refractivity contribution < 1.29 is 4.79 Å². The molecule has 1 unspecified atom stereocenters. The van der Waals surface area contributed by atoms with Gasteiger partial charge >= 0.3 is 0 Å². The highest BCUT2D eigenvalue weighted by Gasteiger charge is 2.24. The third-order valence-electron chi connectivity index (χ3n) is 3.87. The van der Waals surface area contributed by atoms with Gasteiger partial charge in [-0.3, -0.25) is 4.79 Å². The predicted molar refractivity (Wildman–Crippen MR) is 76.0 cm³/mol. The van der Waals surface area contributed by atoms with Crippen LogP contribution in [0.4, 0.5) is 0 Å². The average molecular weight is 276 g/mol. The lowest BCUT2D eigenvalue weighted by atomic mass is 9.82. The molecule has 1 aromatic rings. The van der Waals surface area contributed by atoms with Gasteiger partial charge in [0.05, 0.1) is 6.07 Å². The quantitative estimate of drug-likeness (QED) is 0.812. The maximum Gasteiger partial charge on any atom is 0.154 e. The first-order valence-corrected chi connectivity index (χ1v) is 7.26. The molecule has 0 amide bonds. The number of rotatable bonds is 4. The third kappa shape index (κ3) is 3.81. The second-order valence-electron chi connectivity index (χ2n) is 5.29. The van der Waals surface area contributed by atoms with Gasteiger partial charge in [0.1, 0.15) is 5.92 Å². The fourth-order valence-corrected chi connectivity index (χ4v) is 2.91. The number of halogens is 1. The molecule has 2 nitrogen and oxygen atoms in total. The number of nitrogens with zero attached hydrogens (tertiary/aromatic N) is 1. The highest BCUT2D eigenvalue weighted by Crippen LogP contribution is 2.29. The standard InChI is InChI=1S/C16H18ClNO/c17-14-8-6-13(7-9-14)15(11-18)16(19)10-12-4-2-1-3-5-12/h6-9,12,15H,1-5,10H2. The lowest BCUT2D eigenvalue weighted by Crippen LogP contribution is -2.17. The number of nitriles is 1. The minimum absolute atomic E-state index is 0.0525. The van der Waals surface area contributed by atoms with Crippen LogP contribution in [0.1, 0.15) is 50.0 Å². The van der Waals surface area contributed by atoms with E-state index in [2.05, 4.69) is 6.07 Å². The first-order valence-electron chi connectivity index (χ1n) is 6.88. The summed E-state index contributed by atoms with van der Waals surface area (Å²) in [6.45, 7) is 0. The Kier molecular flexibility index (Phi) is 4.99. The minimum Gasteiger partial charge on any atom is -0.298 e. The summed E-state index contributed by atoms with van der Waals surface area (Å²) < 4.78 is 0. The average Bonchev–Trinajstić information content (AvgIpc) is 2.43. The van der Waals surface area contributed by atoms with Crippen molar-refractivity contribution in [3.05, 3.63) is 34.9 Å². The van der Waals surface area contributed by atoms with E-state index in [0.29, 0.717) is 17.4 Å². The van der Waals surface area contributed by atoms with Crippen molar-refractivity contribution in [1.29, 1.82) is 5.26 Å². The van der Waals surface area contributed by atoms with Crippen molar-refractivity contribution in [2.24, 2.45) is 5.92 Å². The molecule has 1 aliphatic rings. The summed E-state index contributed by atoms with van der Waals surface area (Å²) >= 11 is 5.83. The van der Waals surface area contributed by atoms with Gasteiger partial charge in [-0.25, -0.2) is 0 Å². The van der Waals surface area contributed by atoms with Gasteiger partial charge < -0.3 is 0 Å². The molecule has 1 atom stereocenters. The molecule has 1 fully saturated rings. The Hall–Kier alpha value is -1.33. The van der Waals surface area contributed by atoms with Gasteiger partial charge in [-0.05, 0) is 23.6 Å². The topological polar surface area (TPSA) is 40.9 Å². The zero-order valence-electron chi connectivity index (χ0n) is 10.9. The third-order valence-corrected chi connectivity index (χ3v) is 4.12. The van der Waals surface area contributed by atoms with Crippen molar-refractivity contribution >= 4 is 17.4 Å². The monoisotopic (exact) mass is 275 g/mol. The molecule has 3 heteroatoms. The van der Waals surface area contributed by atoms with Crippen LogP contribution in [0.15, 0.2) is 24.3 Å². The van der Waals surface area contributed by atoms with Crippen molar-refractivity contribution in [1.82, 2.24) is 0 Å². The molecule has 1 saturated carbocycles. The predicted octanol–water partition coefficient (Wildman–Crippen LogP) is 4.49. The molecule has 19 heavy (non-hydrogen) atoms. The van der Waals surface area contributed by atoms with Crippen molar-refractivity contribution in [2.45, 2.75) is 44.4 Å². The molecular weight excluding hydrogens is 258 g/mol. The fourth-order valence-electron chi connectivity index (χ4n) is 2.78.